The molecule has 0 saturated heterocycles. The molecule has 37 heavy (non-hydrogen) atoms. The van der Waals surface area contributed by atoms with Crippen LogP contribution >= 0.6 is 0 Å². The van der Waals surface area contributed by atoms with Crippen LogP contribution in [0.2, 0.25) is 0 Å². The van der Waals surface area contributed by atoms with Crippen molar-refractivity contribution in [2.45, 2.75) is 59.2 Å². The largest absolute Gasteiger partial charge is 0.444 e. The zero-order valence-electron chi connectivity index (χ0n) is 22.2. The molecule has 0 aromatic heterocycles. The molecule has 0 aliphatic carbocycles. The number of carbonyl (C=O) groups excluding carboxylic acids is 3. The maximum Gasteiger partial charge on any atom is 0.412 e. The van der Waals surface area contributed by atoms with Crippen LogP contribution in [-0.2, 0) is 27.4 Å². The van der Waals surface area contributed by atoms with E-state index in [9.17, 15) is 14.4 Å². The van der Waals surface area contributed by atoms with Gasteiger partial charge in [-0.1, -0.05) is 101 Å². The fourth-order valence-corrected chi connectivity index (χ4v) is 3.68. The first-order valence-electron chi connectivity index (χ1n) is 12.6. The Morgan fingerprint density at radius 2 is 1.49 bits per heavy atom. The quantitative estimate of drug-likeness (QED) is 0.267. The Hall–Kier alpha value is -3.87. The van der Waals surface area contributed by atoms with Crippen molar-refractivity contribution in [1.82, 2.24) is 16.0 Å². The molecule has 0 heterocycles. The van der Waals surface area contributed by atoms with E-state index in [2.05, 4.69) is 36.4 Å². The van der Waals surface area contributed by atoms with E-state index in [1.54, 1.807) is 12.2 Å². The maximum absolute atomic E-state index is 13.3. The lowest BCUT2D eigenvalue weighted by atomic mass is 10.0. The minimum Gasteiger partial charge on any atom is -0.444 e. The summed E-state index contributed by atoms with van der Waals surface area (Å²) in [5, 5.41) is 8.33. The number of amides is 3. The second-order valence-corrected chi connectivity index (χ2v) is 9.71. The number of nitrogens with one attached hydrogen (secondary N) is 3. The van der Waals surface area contributed by atoms with E-state index in [0.29, 0.717) is 5.92 Å². The minimum atomic E-state index is -0.859. The van der Waals surface area contributed by atoms with Crippen molar-refractivity contribution in [2.75, 3.05) is 0 Å². The van der Waals surface area contributed by atoms with Gasteiger partial charge in [0.1, 0.15) is 18.3 Å². The monoisotopic (exact) mass is 505 g/mol. The molecule has 0 radical (unpaired) electrons. The SMILES string of the molecule is C=C[C@H](CC(C)C)NC(=O)[C@H](Cc1ccccc1)NC(=O)/C(=C\C(C)C)NC(=O)OCc1ccccc1. The van der Waals surface area contributed by atoms with Crippen molar-refractivity contribution in [3.8, 4) is 0 Å². The Kier molecular flexibility index (Phi) is 12.1. The number of rotatable bonds is 13. The molecule has 0 saturated carbocycles. The molecule has 0 aliphatic heterocycles. The summed E-state index contributed by atoms with van der Waals surface area (Å²) < 4.78 is 5.28. The van der Waals surface area contributed by atoms with E-state index in [0.717, 1.165) is 17.5 Å². The van der Waals surface area contributed by atoms with Crippen molar-refractivity contribution >= 4 is 17.9 Å². The number of carbonyl (C=O) groups is 3. The van der Waals surface area contributed by atoms with Gasteiger partial charge in [-0.25, -0.2) is 4.79 Å². The molecule has 7 heteroatoms. The molecule has 0 bridgehead atoms. The van der Waals surface area contributed by atoms with E-state index >= 15 is 0 Å². The Morgan fingerprint density at radius 1 is 0.892 bits per heavy atom. The summed E-state index contributed by atoms with van der Waals surface area (Å²) in [6.45, 7) is 11.8. The Bertz CT molecular complexity index is 1050. The third-order valence-electron chi connectivity index (χ3n) is 5.44. The highest BCUT2D eigenvalue weighted by molar-refractivity contribution is 5.99. The standard InChI is InChI=1S/C30H39N3O4/c1-6-25(17-21(2)3)31-28(34)27(19-23-13-9-7-10-14-23)32-29(35)26(18-22(4)5)33-30(36)37-20-24-15-11-8-12-16-24/h6-16,18,21-22,25,27H,1,17,19-20H2,2-5H3,(H,31,34)(H,32,35)(H,33,36)/b26-18+/t25-,27+/m1/s1. The number of alkyl carbamates (subject to hydrolysis) is 1. The van der Waals surface area contributed by atoms with E-state index in [-0.39, 0.29) is 36.6 Å². The Balaban J connectivity index is 2.16. The third kappa shape index (κ3) is 11.2. The first-order valence-corrected chi connectivity index (χ1v) is 12.6. The van der Waals surface area contributed by atoms with Gasteiger partial charge < -0.3 is 15.4 Å². The molecular formula is C30H39N3O4. The lowest BCUT2D eigenvalue weighted by Crippen LogP contribution is -2.52. The van der Waals surface area contributed by atoms with E-state index < -0.39 is 18.0 Å². The van der Waals surface area contributed by atoms with Crippen molar-refractivity contribution in [3.63, 3.8) is 0 Å². The minimum absolute atomic E-state index is 0.0291. The van der Waals surface area contributed by atoms with E-state index in [1.807, 2.05) is 74.5 Å². The summed E-state index contributed by atoms with van der Waals surface area (Å²) in [4.78, 5) is 39.0. The molecule has 2 aromatic rings. The van der Waals surface area contributed by atoms with Crippen LogP contribution in [0, 0.1) is 11.8 Å². The molecule has 0 aliphatic rings. The Morgan fingerprint density at radius 3 is 2.03 bits per heavy atom. The normalized spacial score (nSPS) is 13.0. The summed E-state index contributed by atoms with van der Waals surface area (Å²) in [5.74, 6) is -0.566. The number of hydrogen-bond acceptors (Lipinski definition) is 4. The van der Waals surface area contributed by atoms with Crippen LogP contribution in [0.5, 0.6) is 0 Å². The van der Waals surface area contributed by atoms with Gasteiger partial charge in [0, 0.05) is 12.5 Å². The van der Waals surface area contributed by atoms with Crippen LogP contribution < -0.4 is 16.0 Å². The summed E-state index contributed by atoms with van der Waals surface area (Å²) in [6.07, 6.45) is 3.60. The zero-order chi connectivity index (χ0) is 27.2. The molecule has 0 fully saturated rings. The molecule has 0 spiro atoms. The maximum atomic E-state index is 13.3. The van der Waals surface area contributed by atoms with E-state index in [1.165, 1.54) is 0 Å². The van der Waals surface area contributed by atoms with Crippen LogP contribution in [-0.4, -0.2) is 30.0 Å². The smallest absolute Gasteiger partial charge is 0.412 e. The second-order valence-electron chi connectivity index (χ2n) is 9.71. The molecule has 2 atom stereocenters. The van der Waals surface area contributed by atoms with Gasteiger partial charge >= 0.3 is 6.09 Å². The Labute approximate surface area is 220 Å². The van der Waals surface area contributed by atoms with E-state index in [4.69, 9.17) is 4.74 Å². The van der Waals surface area contributed by atoms with Crippen molar-refractivity contribution in [1.29, 1.82) is 0 Å². The van der Waals surface area contributed by atoms with Crippen LogP contribution in [0.1, 0.15) is 45.2 Å². The highest BCUT2D eigenvalue weighted by Crippen LogP contribution is 2.10. The van der Waals surface area contributed by atoms with Crippen LogP contribution in [0.4, 0.5) is 4.79 Å². The van der Waals surface area contributed by atoms with Crippen molar-refractivity contribution < 1.29 is 19.1 Å². The average Bonchev–Trinajstić information content (AvgIpc) is 2.86. The number of benzene rings is 2. The van der Waals surface area contributed by atoms with Crippen LogP contribution in [0.25, 0.3) is 0 Å². The van der Waals surface area contributed by atoms with Gasteiger partial charge in [-0.15, -0.1) is 6.58 Å². The number of hydrogen-bond donors (Lipinski definition) is 3. The molecule has 0 unspecified atom stereocenters. The fraction of sp³-hybridized carbons (Fsp3) is 0.367. The lowest BCUT2D eigenvalue weighted by molar-refractivity contribution is -0.127. The molecule has 3 amide bonds. The average molecular weight is 506 g/mol. The number of ether oxygens (including phenoxy) is 1. The molecule has 198 valence electrons. The third-order valence-corrected chi connectivity index (χ3v) is 5.44. The second kappa shape index (κ2) is 15.3. The predicted octanol–water partition coefficient (Wildman–Crippen LogP) is 4.90. The van der Waals surface area contributed by atoms with Gasteiger partial charge in [-0.2, -0.15) is 0 Å². The van der Waals surface area contributed by atoms with Crippen molar-refractivity contribution in [2.24, 2.45) is 11.8 Å². The summed E-state index contributed by atoms with van der Waals surface area (Å²) in [7, 11) is 0. The van der Waals surface area contributed by atoms with Gasteiger partial charge in [0.25, 0.3) is 5.91 Å². The molecule has 7 nitrogen and oxygen atoms in total. The van der Waals surface area contributed by atoms with Crippen LogP contribution in [0.3, 0.4) is 0 Å². The van der Waals surface area contributed by atoms with Gasteiger partial charge in [0.05, 0.1) is 0 Å². The highest BCUT2D eigenvalue weighted by atomic mass is 16.5. The van der Waals surface area contributed by atoms with Gasteiger partial charge in [-0.05, 0) is 29.4 Å². The van der Waals surface area contributed by atoms with Crippen molar-refractivity contribution in [3.05, 3.63) is 96.2 Å². The first kappa shape index (κ1) is 29.4. The summed E-state index contributed by atoms with van der Waals surface area (Å²) in [5.41, 5.74) is 1.75. The number of allylic oxidation sites excluding steroid dienone is 1. The fourth-order valence-electron chi connectivity index (χ4n) is 3.68. The van der Waals surface area contributed by atoms with Gasteiger partial charge in [-0.3, -0.25) is 14.9 Å². The van der Waals surface area contributed by atoms with Gasteiger partial charge in [0.2, 0.25) is 5.91 Å². The molecule has 3 N–H and O–H groups in total. The molecule has 2 rings (SSSR count). The van der Waals surface area contributed by atoms with Crippen LogP contribution in [0.15, 0.2) is 85.1 Å². The topological polar surface area (TPSA) is 96.5 Å². The van der Waals surface area contributed by atoms with Gasteiger partial charge in [0.15, 0.2) is 0 Å². The zero-order valence-corrected chi connectivity index (χ0v) is 22.2. The predicted molar refractivity (Wildman–Crippen MR) is 146 cm³/mol. The first-order chi connectivity index (χ1) is 17.7. The summed E-state index contributed by atoms with van der Waals surface area (Å²) >= 11 is 0. The summed E-state index contributed by atoms with van der Waals surface area (Å²) in [6, 6.07) is 17.6. The lowest BCUT2D eigenvalue weighted by Gasteiger charge is -2.23. The molecular weight excluding hydrogens is 466 g/mol. The molecule has 2 aromatic carbocycles. The highest BCUT2D eigenvalue weighted by Gasteiger charge is 2.25.